The number of aromatic nitrogens is 4. The smallest absolute Gasteiger partial charge is 0.312 e. The molecule has 2 aromatic rings. The van der Waals surface area contributed by atoms with Crippen molar-refractivity contribution >= 4 is 11.6 Å². The minimum atomic E-state index is -0.474. The Bertz CT molecular complexity index is 718. The van der Waals surface area contributed by atoms with Gasteiger partial charge in [0.15, 0.2) is 0 Å². The Hall–Kier alpha value is -2.71. The molecule has 2 rings (SSSR count). The third kappa shape index (κ3) is 4.15. The van der Waals surface area contributed by atoms with Crippen molar-refractivity contribution in [3.63, 3.8) is 0 Å². The van der Waals surface area contributed by atoms with Gasteiger partial charge in [-0.25, -0.2) is 0 Å². The van der Waals surface area contributed by atoms with Crippen LogP contribution < -0.4 is 5.32 Å². The normalized spacial score (nSPS) is 10.7. The second-order valence-electron chi connectivity index (χ2n) is 5.42. The van der Waals surface area contributed by atoms with Crippen LogP contribution in [0.25, 0.3) is 0 Å². The van der Waals surface area contributed by atoms with Gasteiger partial charge in [-0.15, -0.1) is 0 Å². The lowest BCUT2D eigenvalue weighted by Crippen LogP contribution is -2.29. The number of nitrogens with one attached hydrogen (secondary N) is 1. The van der Waals surface area contributed by atoms with Crippen molar-refractivity contribution < 1.29 is 9.72 Å². The van der Waals surface area contributed by atoms with Gasteiger partial charge < -0.3 is 5.32 Å². The fourth-order valence-corrected chi connectivity index (χ4v) is 2.36. The lowest BCUT2D eigenvalue weighted by molar-refractivity contribution is -0.386. The SMILES string of the molecule is Cc1cnn(CCCNC(=O)Cn2nc(C)c([N+](=O)[O-])c2C)c1. The van der Waals surface area contributed by atoms with E-state index in [1.165, 1.54) is 4.68 Å². The molecule has 0 fully saturated rings. The van der Waals surface area contributed by atoms with Gasteiger partial charge in [0.05, 0.1) is 11.1 Å². The first-order chi connectivity index (χ1) is 10.9. The van der Waals surface area contributed by atoms with Crippen LogP contribution in [-0.2, 0) is 17.9 Å². The molecule has 23 heavy (non-hydrogen) atoms. The number of aryl methyl sites for hydroxylation is 3. The molecular weight excluding hydrogens is 300 g/mol. The topological polar surface area (TPSA) is 108 Å². The van der Waals surface area contributed by atoms with Gasteiger partial charge in [0.2, 0.25) is 5.91 Å². The largest absolute Gasteiger partial charge is 0.354 e. The Morgan fingerprint density at radius 3 is 2.70 bits per heavy atom. The first-order valence-corrected chi connectivity index (χ1v) is 7.32. The van der Waals surface area contributed by atoms with Crippen LogP contribution in [-0.4, -0.2) is 36.9 Å². The maximum absolute atomic E-state index is 11.9. The van der Waals surface area contributed by atoms with Gasteiger partial charge in [-0.1, -0.05) is 0 Å². The van der Waals surface area contributed by atoms with Crippen molar-refractivity contribution in [2.75, 3.05) is 6.54 Å². The van der Waals surface area contributed by atoms with E-state index in [4.69, 9.17) is 0 Å². The maximum Gasteiger partial charge on any atom is 0.312 e. The quantitative estimate of drug-likeness (QED) is 0.467. The van der Waals surface area contributed by atoms with E-state index < -0.39 is 4.92 Å². The fourth-order valence-electron chi connectivity index (χ4n) is 2.36. The lowest BCUT2D eigenvalue weighted by Gasteiger charge is -2.06. The molecule has 1 amide bonds. The van der Waals surface area contributed by atoms with E-state index >= 15 is 0 Å². The first-order valence-electron chi connectivity index (χ1n) is 7.32. The number of amides is 1. The van der Waals surface area contributed by atoms with E-state index in [0.717, 1.165) is 18.5 Å². The standard InChI is InChI=1S/C14H20N6O3/c1-10-7-16-18(8-10)6-4-5-15-13(21)9-19-12(3)14(20(22)23)11(2)17-19/h7-8H,4-6,9H2,1-3H3,(H,15,21). The molecular formula is C14H20N6O3. The van der Waals surface area contributed by atoms with E-state index in [0.29, 0.717) is 17.9 Å². The highest BCUT2D eigenvalue weighted by molar-refractivity contribution is 5.75. The first kappa shape index (κ1) is 16.7. The number of carbonyl (C=O) groups excluding carboxylic acids is 1. The van der Waals surface area contributed by atoms with Gasteiger partial charge in [-0.3, -0.25) is 24.3 Å². The molecule has 9 nitrogen and oxygen atoms in total. The average Bonchev–Trinajstić information content (AvgIpc) is 2.99. The number of hydrogen-bond donors (Lipinski definition) is 1. The molecule has 2 heterocycles. The van der Waals surface area contributed by atoms with Crippen molar-refractivity contribution in [3.05, 3.63) is 39.5 Å². The predicted octanol–water partition coefficient (Wildman–Crippen LogP) is 1.12. The number of hydrogen-bond acceptors (Lipinski definition) is 5. The molecule has 2 aromatic heterocycles. The van der Waals surface area contributed by atoms with Crippen LogP contribution in [0.15, 0.2) is 12.4 Å². The Kier molecular flexibility index (Phi) is 5.09. The molecule has 0 aliphatic heterocycles. The molecule has 0 aromatic carbocycles. The zero-order chi connectivity index (χ0) is 17.0. The van der Waals surface area contributed by atoms with Crippen LogP contribution in [0.4, 0.5) is 5.69 Å². The van der Waals surface area contributed by atoms with Crippen molar-refractivity contribution in [2.24, 2.45) is 0 Å². The molecule has 1 N–H and O–H groups in total. The number of nitro groups is 1. The van der Waals surface area contributed by atoms with E-state index in [1.807, 2.05) is 17.8 Å². The van der Waals surface area contributed by atoms with Crippen LogP contribution in [0.5, 0.6) is 0 Å². The van der Waals surface area contributed by atoms with Crippen molar-refractivity contribution in [1.29, 1.82) is 0 Å². The zero-order valence-corrected chi connectivity index (χ0v) is 13.4. The lowest BCUT2D eigenvalue weighted by atomic mass is 10.3. The minimum Gasteiger partial charge on any atom is -0.354 e. The molecule has 0 spiro atoms. The monoisotopic (exact) mass is 320 g/mol. The Morgan fingerprint density at radius 1 is 1.39 bits per heavy atom. The van der Waals surface area contributed by atoms with Gasteiger partial charge in [0.25, 0.3) is 0 Å². The van der Waals surface area contributed by atoms with Gasteiger partial charge in [0, 0.05) is 19.3 Å². The number of nitrogens with zero attached hydrogens (tertiary/aromatic N) is 5. The van der Waals surface area contributed by atoms with Crippen LogP contribution in [0.3, 0.4) is 0 Å². The fraction of sp³-hybridized carbons (Fsp3) is 0.500. The Morgan fingerprint density at radius 2 is 2.13 bits per heavy atom. The van der Waals surface area contributed by atoms with E-state index in [2.05, 4.69) is 15.5 Å². The summed E-state index contributed by atoms with van der Waals surface area (Å²) in [6, 6.07) is 0. The maximum atomic E-state index is 11.9. The zero-order valence-electron chi connectivity index (χ0n) is 13.4. The molecule has 0 aliphatic carbocycles. The molecule has 9 heteroatoms. The highest BCUT2D eigenvalue weighted by Crippen LogP contribution is 2.21. The molecule has 0 aliphatic rings. The predicted molar refractivity (Wildman–Crippen MR) is 82.9 cm³/mol. The summed E-state index contributed by atoms with van der Waals surface area (Å²) in [6.07, 6.45) is 4.48. The molecule has 124 valence electrons. The summed E-state index contributed by atoms with van der Waals surface area (Å²) in [6.45, 7) is 6.33. The van der Waals surface area contributed by atoms with Crippen LogP contribution >= 0.6 is 0 Å². The van der Waals surface area contributed by atoms with E-state index in [9.17, 15) is 14.9 Å². The highest BCUT2D eigenvalue weighted by Gasteiger charge is 2.22. The second-order valence-corrected chi connectivity index (χ2v) is 5.42. The van der Waals surface area contributed by atoms with E-state index in [-0.39, 0.29) is 18.1 Å². The van der Waals surface area contributed by atoms with Crippen LogP contribution in [0, 0.1) is 30.9 Å². The summed E-state index contributed by atoms with van der Waals surface area (Å²) in [5, 5.41) is 21.9. The third-order valence-corrected chi connectivity index (χ3v) is 3.47. The average molecular weight is 320 g/mol. The number of rotatable bonds is 7. The van der Waals surface area contributed by atoms with E-state index in [1.54, 1.807) is 20.0 Å². The third-order valence-electron chi connectivity index (χ3n) is 3.47. The summed E-state index contributed by atoms with van der Waals surface area (Å²) >= 11 is 0. The molecule has 0 saturated carbocycles. The second kappa shape index (κ2) is 7.03. The van der Waals surface area contributed by atoms with Crippen molar-refractivity contribution in [3.8, 4) is 0 Å². The molecule has 0 atom stereocenters. The molecule has 0 unspecified atom stereocenters. The minimum absolute atomic E-state index is 0.0264. The van der Waals surface area contributed by atoms with Crippen LogP contribution in [0.1, 0.15) is 23.4 Å². The number of carbonyl (C=O) groups is 1. The molecule has 0 saturated heterocycles. The Labute approximate surface area is 133 Å². The summed E-state index contributed by atoms with van der Waals surface area (Å²) in [5.41, 5.74) is 1.76. The van der Waals surface area contributed by atoms with Gasteiger partial charge in [-0.05, 0) is 32.8 Å². The molecule has 0 radical (unpaired) electrons. The van der Waals surface area contributed by atoms with Crippen LogP contribution in [0.2, 0.25) is 0 Å². The summed E-state index contributed by atoms with van der Waals surface area (Å²) in [7, 11) is 0. The van der Waals surface area contributed by atoms with Crippen molar-refractivity contribution in [2.45, 2.75) is 40.3 Å². The van der Waals surface area contributed by atoms with Gasteiger partial charge in [0.1, 0.15) is 17.9 Å². The summed E-state index contributed by atoms with van der Waals surface area (Å²) in [4.78, 5) is 22.4. The Balaban J connectivity index is 1.81. The van der Waals surface area contributed by atoms with Crippen molar-refractivity contribution in [1.82, 2.24) is 24.9 Å². The molecule has 0 bridgehead atoms. The highest BCUT2D eigenvalue weighted by atomic mass is 16.6. The van der Waals surface area contributed by atoms with Gasteiger partial charge in [-0.2, -0.15) is 10.2 Å². The van der Waals surface area contributed by atoms with Gasteiger partial charge >= 0.3 is 5.69 Å². The summed E-state index contributed by atoms with van der Waals surface area (Å²) < 4.78 is 3.19. The summed E-state index contributed by atoms with van der Waals surface area (Å²) in [5.74, 6) is -0.220.